The van der Waals surface area contributed by atoms with Gasteiger partial charge in [0, 0.05) is 31.9 Å². The van der Waals surface area contributed by atoms with Gasteiger partial charge in [-0.3, -0.25) is 4.79 Å². The molecule has 3 amide bonds. The summed E-state index contributed by atoms with van der Waals surface area (Å²) in [5.74, 6) is 0.678. The molecule has 6 nitrogen and oxygen atoms in total. The zero-order valence-electron chi connectivity index (χ0n) is 15.0. The average Bonchev–Trinajstić information content (AvgIpc) is 3.43. The molecular formula is C19H27N3O3. The fraction of sp³-hybridized carbons (Fsp3) is 0.579. The number of anilines is 1. The first-order valence-electron chi connectivity index (χ1n) is 9.06. The largest absolute Gasteiger partial charge is 0.368 e. The third-order valence-electron chi connectivity index (χ3n) is 4.77. The van der Waals surface area contributed by atoms with Gasteiger partial charge >= 0.3 is 6.03 Å². The number of urea groups is 1. The second-order valence-corrected chi connectivity index (χ2v) is 7.03. The van der Waals surface area contributed by atoms with E-state index in [1.807, 2.05) is 38.1 Å². The van der Waals surface area contributed by atoms with Crippen LogP contribution >= 0.6 is 0 Å². The van der Waals surface area contributed by atoms with Gasteiger partial charge in [0.2, 0.25) is 0 Å². The fourth-order valence-corrected chi connectivity index (χ4v) is 2.95. The van der Waals surface area contributed by atoms with Crippen LogP contribution in [0.15, 0.2) is 24.3 Å². The summed E-state index contributed by atoms with van der Waals surface area (Å²) in [5.41, 5.74) is 1.90. The van der Waals surface area contributed by atoms with Gasteiger partial charge < -0.3 is 19.9 Å². The summed E-state index contributed by atoms with van der Waals surface area (Å²) in [5, 5.41) is 2.92. The van der Waals surface area contributed by atoms with E-state index in [0.29, 0.717) is 38.7 Å². The van der Waals surface area contributed by atoms with Crippen molar-refractivity contribution in [1.82, 2.24) is 9.80 Å². The van der Waals surface area contributed by atoms with Crippen LogP contribution in [0.5, 0.6) is 0 Å². The van der Waals surface area contributed by atoms with Crippen LogP contribution in [0.25, 0.3) is 0 Å². The molecule has 136 valence electrons. The average molecular weight is 345 g/mol. The topological polar surface area (TPSA) is 61.9 Å². The molecule has 3 rings (SSSR count). The van der Waals surface area contributed by atoms with Gasteiger partial charge in [-0.1, -0.05) is 12.1 Å². The van der Waals surface area contributed by atoms with Gasteiger partial charge in [-0.05, 0) is 50.3 Å². The molecule has 1 atom stereocenters. The highest BCUT2D eigenvalue weighted by Gasteiger charge is 2.29. The molecule has 1 heterocycles. The predicted molar refractivity (Wildman–Crippen MR) is 96.5 cm³/mol. The Morgan fingerprint density at radius 2 is 1.88 bits per heavy atom. The number of hydrogen-bond donors (Lipinski definition) is 1. The minimum Gasteiger partial charge on any atom is -0.368 e. The summed E-state index contributed by atoms with van der Waals surface area (Å²) < 4.78 is 5.66. The third kappa shape index (κ3) is 4.95. The Morgan fingerprint density at radius 1 is 1.20 bits per heavy atom. The number of nitrogens with zero attached hydrogens (tertiary/aromatic N) is 2. The van der Waals surface area contributed by atoms with Gasteiger partial charge in [0.1, 0.15) is 6.10 Å². The number of ether oxygens (including phenoxy) is 1. The fourth-order valence-electron chi connectivity index (χ4n) is 2.95. The van der Waals surface area contributed by atoms with Crippen LogP contribution < -0.4 is 5.32 Å². The number of rotatable bonds is 5. The van der Waals surface area contributed by atoms with Crippen molar-refractivity contribution < 1.29 is 14.3 Å². The maximum Gasteiger partial charge on any atom is 0.321 e. The summed E-state index contributed by atoms with van der Waals surface area (Å²) in [6, 6.07) is 7.62. The Labute approximate surface area is 149 Å². The predicted octanol–water partition coefficient (Wildman–Crippen LogP) is 2.49. The molecule has 2 fully saturated rings. The molecule has 6 heteroatoms. The SMILES string of the molecule is Cc1cccc(NC(=O)N2CCN(C(=O)[C@H](C)OCC3CC3)CC2)c1. The molecule has 1 N–H and O–H groups in total. The lowest BCUT2D eigenvalue weighted by Crippen LogP contribution is -2.53. The highest BCUT2D eigenvalue weighted by molar-refractivity contribution is 5.89. The first-order valence-corrected chi connectivity index (χ1v) is 9.06. The summed E-state index contributed by atoms with van der Waals surface area (Å²) in [6.07, 6.45) is 2.04. The Morgan fingerprint density at radius 3 is 2.52 bits per heavy atom. The minimum absolute atomic E-state index is 0.0272. The molecule has 0 unspecified atom stereocenters. The van der Waals surface area contributed by atoms with Crippen LogP contribution in [0.1, 0.15) is 25.3 Å². The molecule has 2 aliphatic rings. The normalized spacial score (nSPS) is 18.8. The molecule has 1 saturated heterocycles. The number of benzene rings is 1. The quantitative estimate of drug-likeness (QED) is 0.892. The van der Waals surface area contributed by atoms with E-state index in [9.17, 15) is 9.59 Å². The van der Waals surface area contributed by atoms with Crippen LogP contribution in [0.3, 0.4) is 0 Å². The van der Waals surface area contributed by atoms with Crippen molar-refractivity contribution in [2.45, 2.75) is 32.8 Å². The summed E-state index contributed by atoms with van der Waals surface area (Å²) in [7, 11) is 0. The number of carbonyl (C=O) groups is 2. The third-order valence-corrected chi connectivity index (χ3v) is 4.77. The second kappa shape index (κ2) is 7.87. The Balaban J connectivity index is 1.44. The Bertz CT molecular complexity index is 622. The number of piperazine rings is 1. The van der Waals surface area contributed by atoms with E-state index in [-0.39, 0.29) is 11.9 Å². The Hall–Kier alpha value is -2.08. The lowest BCUT2D eigenvalue weighted by Gasteiger charge is -2.35. The van der Waals surface area contributed by atoms with E-state index in [2.05, 4.69) is 5.32 Å². The molecule has 1 aromatic carbocycles. The van der Waals surface area contributed by atoms with Crippen LogP contribution in [0, 0.1) is 12.8 Å². The van der Waals surface area contributed by atoms with Crippen LogP contribution in [0.2, 0.25) is 0 Å². The van der Waals surface area contributed by atoms with Crippen molar-refractivity contribution >= 4 is 17.6 Å². The van der Waals surface area contributed by atoms with E-state index >= 15 is 0 Å². The Kier molecular flexibility index (Phi) is 5.58. The monoisotopic (exact) mass is 345 g/mol. The molecule has 0 bridgehead atoms. The van der Waals surface area contributed by atoms with Gasteiger partial charge in [-0.15, -0.1) is 0 Å². The van der Waals surface area contributed by atoms with Gasteiger partial charge in [0.15, 0.2) is 0 Å². The number of nitrogens with one attached hydrogen (secondary N) is 1. The first-order chi connectivity index (χ1) is 12.0. The molecule has 1 saturated carbocycles. The van der Waals surface area contributed by atoms with Gasteiger partial charge in [-0.2, -0.15) is 0 Å². The molecule has 1 aliphatic heterocycles. The van der Waals surface area contributed by atoms with Crippen molar-refractivity contribution in [2.24, 2.45) is 5.92 Å². The van der Waals surface area contributed by atoms with Gasteiger partial charge in [-0.25, -0.2) is 4.79 Å². The standard InChI is InChI=1S/C19H27N3O3/c1-14-4-3-5-17(12-14)20-19(24)22-10-8-21(9-11-22)18(23)15(2)25-13-16-6-7-16/h3-5,12,15-16H,6-11,13H2,1-2H3,(H,20,24)/t15-/m0/s1. The van der Waals surface area contributed by atoms with Crippen molar-refractivity contribution in [2.75, 3.05) is 38.1 Å². The molecular weight excluding hydrogens is 318 g/mol. The highest BCUT2D eigenvalue weighted by atomic mass is 16.5. The minimum atomic E-state index is -0.395. The van der Waals surface area contributed by atoms with E-state index in [1.165, 1.54) is 12.8 Å². The molecule has 0 radical (unpaired) electrons. The zero-order chi connectivity index (χ0) is 17.8. The zero-order valence-corrected chi connectivity index (χ0v) is 15.0. The van der Waals surface area contributed by atoms with Crippen molar-refractivity contribution in [1.29, 1.82) is 0 Å². The highest BCUT2D eigenvalue weighted by Crippen LogP contribution is 2.29. The molecule has 0 aromatic heterocycles. The van der Waals surface area contributed by atoms with Crippen molar-refractivity contribution in [3.8, 4) is 0 Å². The molecule has 0 spiro atoms. The number of amides is 3. The van der Waals surface area contributed by atoms with Gasteiger partial charge in [0.05, 0.1) is 6.61 Å². The second-order valence-electron chi connectivity index (χ2n) is 7.03. The molecule has 1 aromatic rings. The van der Waals surface area contributed by atoms with E-state index in [1.54, 1.807) is 9.80 Å². The smallest absolute Gasteiger partial charge is 0.321 e. The summed E-state index contributed by atoms with van der Waals surface area (Å²) in [6.45, 7) is 6.69. The van der Waals surface area contributed by atoms with Crippen LogP contribution in [-0.2, 0) is 9.53 Å². The van der Waals surface area contributed by atoms with E-state index in [0.717, 1.165) is 11.3 Å². The number of hydrogen-bond acceptors (Lipinski definition) is 3. The van der Waals surface area contributed by atoms with E-state index in [4.69, 9.17) is 4.74 Å². The van der Waals surface area contributed by atoms with Crippen molar-refractivity contribution in [3.05, 3.63) is 29.8 Å². The summed E-state index contributed by atoms with van der Waals surface area (Å²) in [4.78, 5) is 28.3. The number of aryl methyl sites for hydroxylation is 1. The number of carbonyl (C=O) groups excluding carboxylic acids is 2. The molecule has 25 heavy (non-hydrogen) atoms. The maximum atomic E-state index is 12.4. The van der Waals surface area contributed by atoms with Crippen molar-refractivity contribution in [3.63, 3.8) is 0 Å². The summed E-state index contributed by atoms with van der Waals surface area (Å²) >= 11 is 0. The van der Waals surface area contributed by atoms with Gasteiger partial charge in [0.25, 0.3) is 5.91 Å². The lowest BCUT2D eigenvalue weighted by molar-refractivity contribution is -0.144. The van der Waals surface area contributed by atoms with Crippen LogP contribution in [0.4, 0.5) is 10.5 Å². The maximum absolute atomic E-state index is 12.4. The first kappa shape index (κ1) is 17.7. The lowest BCUT2D eigenvalue weighted by atomic mass is 10.2. The molecule has 1 aliphatic carbocycles. The van der Waals surface area contributed by atoms with Crippen LogP contribution in [-0.4, -0.2) is 60.6 Å². The van der Waals surface area contributed by atoms with E-state index < -0.39 is 6.10 Å².